The molecule has 0 aliphatic heterocycles. The first kappa shape index (κ1) is 16.1. The molecule has 0 amide bonds. The molecule has 1 unspecified atom stereocenters. The summed E-state index contributed by atoms with van der Waals surface area (Å²) in [4.78, 5) is 0. The second kappa shape index (κ2) is 7.12. The zero-order chi connectivity index (χ0) is 15.4. The van der Waals surface area contributed by atoms with Gasteiger partial charge in [-0.15, -0.1) is 0 Å². The van der Waals surface area contributed by atoms with E-state index in [4.69, 9.17) is 27.9 Å². The van der Waals surface area contributed by atoms with Crippen LogP contribution in [-0.2, 0) is 0 Å². The number of nitrogens with one attached hydrogen (secondary N) is 1. The summed E-state index contributed by atoms with van der Waals surface area (Å²) in [6.07, 6.45) is 0. The predicted octanol–water partition coefficient (Wildman–Crippen LogP) is 4.84. The zero-order valence-corrected chi connectivity index (χ0v) is 13.3. The Morgan fingerprint density at radius 3 is 2.48 bits per heavy atom. The molecule has 0 saturated carbocycles. The van der Waals surface area contributed by atoms with Gasteiger partial charge in [0, 0.05) is 16.7 Å². The smallest absolute Gasteiger partial charge is 0.139 e. The highest BCUT2D eigenvalue weighted by atomic mass is 35.5. The fraction of sp³-hybridized carbons (Fsp3) is 0.250. The lowest BCUT2D eigenvalue weighted by molar-refractivity contribution is 0.340. The molecule has 112 valence electrons. The van der Waals surface area contributed by atoms with Gasteiger partial charge in [-0.3, -0.25) is 0 Å². The molecule has 0 radical (unpaired) electrons. The van der Waals surface area contributed by atoms with Crippen molar-refractivity contribution >= 4 is 23.2 Å². The van der Waals surface area contributed by atoms with Crippen LogP contribution in [0.3, 0.4) is 0 Å². The van der Waals surface area contributed by atoms with Crippen LogP contribution in [-0.4, -0.2) is 13.7 Å². The standard InChI is InChI=1S/C16H16Cl2FNO/c1-3-21-15-9-12(17)11(8-13(15)18)16(20-2)10-6-4-5-7-14(10)19/h4-9,16,20H,3H2,1-2H3. The average molecular weight is 328 g/mol. The van der Waals surface area contributed by atoms with Crippen molar-refractivity contribution < 1.29 is 9.13 Å². The summed E-state index contributed by atoms with van der Waals surface area (Å²) in [5.74, 6) is 0.231. The molecule has 0 heterocycles. The summed E-state index contributed by atoms with van der Waals surface area (Å²) in [6.45, 7) is 2.37. The Bertz CT molecular complexity index is 634. The van der Waals surface area contributed by atoms with E-state index < -0.39 is 0 Å². The summed E-state index contributed by atoms with van der Waals surface area (Å²) in [6, 6.07) is 9.56. The summed E-state index contributed by atoms with van der Waals surface area (Å²) in [5, 5.41) is 4.00. The van der Waals surface area contributed by atoms with Gasteiger partial charge >= 0.3 is 0 Å². The van der Waals surface area contributed by atoms with E-state index in [1.54, 1.807) is 37.4 Å². The van der Waals surface area contributed by atoms with Crippen molar-refractivity contribution in [3.63, 3.8) is 0 Å². The van der Waals surface area contributed by atoms with Crippen molar-refractivity contribution in [3.05, 3.63) is 63.4 Å². The average Bonchev–Trinajstić information content (AvgIpc) is 2.46. The number of rotatable bonds is 5. The van der Waals surface area contributed by atoms with Crippen molar-refractivity contribution in [2.75, 3.05) is 13.7 Å². The number of hydrogen-bond donors (Lipinski definition) is 1. The van der Waals surface area contributed by atoms with Crippen molar-refractivity contribution in [2.45, 2.75) is 13.0 Å². The van der Waals surface area contributed by atoms with E-state index in [1.165, 1.54) is 6.07 Å². The molecule has 2 rings (SSSR count). The first-order chi connectivity index (χ1) is 10.1. The van der Waals surface area contributed by atoms with Crippen LogP contribution in [0.25, 0.3) is 0 Å². The maximum atomic E-state index is 14.0. The lowest BCUT2D eigenvalue weighted by atomic mass is 9.98. The van der Waals surface area contributed by atoms with Crippen LogP contribution in [0, 0.1) is 5.82 Å². The van der Waals surface area contributed by atoms with E-state index in [-0.39, 0.29) is 11.9 Å². The monoisotopic (exact) mass is 327 g/mol. The Balaban J connectivity index is 2.48. The first-order valence-electron chi connectivity index (χ1n) is 6.61. The molecule has 0 aromatic heterocycles. The van der Waals surface area contributed by atoms with Crippen LogP contribution in [0.5, 0.6) is 5.75 Å². The second-order valence-corrected chi connectivity index (χ2v) is 5.29. The fourth-order valence-electron chi connectivity index (χ4n) is 2.22. The van der Waals surface area contributed by atoms with Gasteiger partial charge in [-0.1, -0.05) is 41.4 Å². The van der Waals surface area contributed by atoms with Crippen LogP contribution in [0.15, 0.2) is 36.4 Å². The molecule has 2 aromatic rings. The Morgan fingerprint density at radius 2 is 1.86 bits per heavy atom. The summed E-state index contributed by atoms with van der Waals surface area (Å²) in [5.41, 5.74) is 1.22. The van der Waals surface area contributed by atoms with Crippen molar-refractivity contribution in [1.29, 1.82) is 0 Å². The number of ether oxygens (including phenoxy) is 1. The molecule has 0 bridgehead atoms. The van der Waals surface area contributed by atoms with Crippen molar-refractivity contribution in [3.8, 4) is 5.75 Å². The predicted molar refractivity (Wildman–Crippen MR) is 84.9 cm³/mol. The number of halogens is 3. The van der Waals surface area contributed by atoms with Crippen LogP contribution < -0.4 is 10.1 Å². The van der Waals surface area contributed by atoms with Crippen LogP contribution >= 0.6 is 23.2 Å². The Kier molecular flexibility index (Phi) is 5.45. The maximum Gasteiger partial charge on any atom is 0.139 e. The molecular weight excluding hydrogens is 312 g/mol. The Hall–Kier alpha value is -1.29. The largest absolute Gasteiger partial charge is 0.492 e. The van der Waals surface area contributed by atoms with Gasteiger partial charge in [0.25, 0.3) is 0 Å². The van der Waals surface area contributed by atoms with Gasteiger partial charge in [0.05, 0.1) is 17.7 Å². The molecule has 2 aromatic carbocycles. The molecule has 2 nitrogen and oxygen atoms in total. The minimum absolute atomic E-state index is 0.294. The third-order valence-corrected chi connectivity index (χ3v) is 3.79. The van der Waals surface area contributed by atoms with Crippen molar-refractivity contribution in [2.24, 2.45) is 0 Å². The highest BCUT2D eigenvalue weighted by molar-refractivity contribution is 6.34. The third-order valence-electron chi connectivity index (χ3n) is 3.17. The van der Waals surface area contributed by atoms with E-state index in [1.807, 2.05) is 6.92 Å². The molecule has 0 aliphatic rings. The van der Waals surface area contributed by atoms with E-state index >= 15 is 0 Å². The van der Waals surface area contributed by atoms with Gasteiger partial charge in [-0.2, -0.15) is 0 Å². The lowest BCUT2D eigenvalue weighted by Crippen LogP contribution is -2.19. The van der Waals surface area contributed by atoms with Gasteiger partial charge in [-0.25, -0.2) is 4.39 Å². The minimum atomic E-state index is -0.383. The van der Waals surface area contributed by atoms with Crippen LogP contribution in [0.4, 0.5) is 4.39 Å². The van der Waals surface area contributed by atoms with Crippen LogP contribution in [0.1, 0.15) is 24.1 Å². The summed E-state index contributed by atoms with van der Waals surface area (Å²) < 4.78 is 19.4. The number of hydrogen-bond acceptors (Lipinski definition) is 2. The molecule has 1 N–H and O–H groups in total. The normalized spacial score (nSPS) is 12.2. The maximum absolute atomic E-state index is 14.0. The van der Waals surface area contributed by atoms with E-state index in [0.717, 1.165) is 0 Å². The summed E-state index contributed by atoms with van der Waals surface area (Å²) in [7, 11) is 1.75. The van der Waals surface area contributed by atoms with Gasteiger partial charge in [0.15, 0.2) is 0 Å². The van der Waals surface area contributed by atoms with Gasteiger partial charge < -0.3 is 10.1 Å². The first-order valence-corrected chi connectivity index (χ1v) is 7.37. The molecular formula is C16H16Cl2FNO. The highest BCUT2D eigenvalue weighted by Crippen LogP contribution is 2.36. The lowest BCUT2D eigenvalue weighted by Gasteiger charge is -2.20. The minimum Gasteiger partial charge on any atom is -0.492 e. The quantitative estimate of drug-likeness (QED) is 0.848. The number of benzene rings is 2. The molecule has 0 spiro atoms. The van der Waals surface area contributed by atoms with E-state index in [9.17, 15) is 4.39 Å². The Morgan fingerprint density at radius 1 is 1.14 bits per heavy atom. The van der Waals surface area contributed by atoms with Gasteiger partial charge in [-0.05, 0) is 31.7 Å². The second-order valence-electron chi connectivity index (χ2n) is 4.48. The summed E-state index contributed by atoms with van der Waals surface area (Å²) >= 11 is 12.5. The van der Waals surface area contributed by atoms with Gasteiger partial charge in [0.1, 0.15) is 11.6 Å². The molecule has 5 heteroatoms. The van der Waals surface area contributed by atoms with E-state index in [0.29, 0.717) is 33.5 Å². The molecule has 1 atom stereocenters. The fourth-order valence-corrected chi connectivity index (χ4v) is 2.71. The molecule has 0 fully saturated rings. The Labute approximate surface area is 133 Å². The van der Waals surface area contributed by atoms with Crippen molar-refractivity contribution in [1.82, 2.24) is 5.32 Å². The van der Waals surface area contributed by atoms with Gasteiger partial charge in [0.2, 0.25) is 0 Å². The highest BCUT2D eigenvalue weighted by Gasteiger charge is 2.20. The molecule has 0 saturated heterocycles. The molecule has 0 aliphatic carbocycles. The topological polar surface area (TPSA) is 21.3 Å². The zero-order valence-electron chi connectivity index (χ0n) is 11.8. The van der Waals surface area contributed by atoms with E-state index in [2.05, 4.69) is 5.32 Å². The third kappa shape index (κ3) is 3.49. The molecule has 21 heavy (non-hydrogen) atoms. The van der Waals surface area contributed by atoms with Crippen LogP contribution in [0.2, 0.25) is 10.0 Å². The SMILES string of the molecule is CCOc1cc(Cl)c(C(NC)c2ccccc2F)cc1Cl.